The Morgan fingerprint density at radius 1 is 0.860 bits per heavy atom. The minimum absolute atomic E-state index is 0.0120. The molecule has 9 nitrogen and oxygen atoms in total. The van der Waals surface area contributed by atoms with Crippen molar-refractivity contribution in [2.24, 2.45) is 0 Å². The number of benzene rings is 3. The first-order valence-electron chi connectivity index (χ1n) is 14.6. The number of anilines is 4. The number of nitrogens with zero attached hydrogens (tertiary/aromatic N) is 5. The van der Waals surface area contributed by atoms with Gasteiger partial charge in [0.2, 0.25) is 5.95 Å². The van der Waals surface area contributed by atoms with Crippen LogP contribution in [0.1, 0.15) is 51.1 Å². The number of para-hydroxylation sites is 1. The van der Waals surface area contributed by atoms with Crippen molar-refractivity contribution in [1.82, 2.24) is 19.8 Å². The van der Waals surface area contributed by atoms with Crippen LogP contribution in [0.4, 0.5) is 27.9 Å². The fraction of sp³-hybridized carbons (Fsp3) is 0.206. The van der Waals surface area contributed by atoms with Gasteiger partial charge in [0.25, 0.3) is 11.8 Å². The summed E-state index contributed by atoms with van der Waals surface area (Å²) in [6.07, 6.45) is 9.55. The van der Waals surface area contributed by atoms with E-state index in [0.717, 1.165) is 36.1 Å². The molecule has 1 aliphatic carbocycles. The van der Waals surface area contributed by atoms with Gasteiger partial charge >= 0.3 is 6.03 Å². The third-order valence-electron chi connectivity index (χ3n) is 8.19. The predicted octanol–water partition coefficient (Wildman–Crippen LogP) is 6.24. The lowest BCUT2D eigenvalue weighted by atomic mass is 10.00. The summed E-state index contributed by atoms with van der Waals surface area (Å²) >= 11 is 0. The van der Waals surface area contributed by atoms with Crippen LogP contribution >= 0.6 is 0 Å². The van der Waals surface area contributed by atoms with Crippen LogP contribution in [0.2, 0.25) is 0 Å². The van der Waals surface area contributed by atoms with E-state index < -0.39 is 0 Å². The van der Waals surface area contributed by atoms with E-state index in [1.165, 1.54) is 4.90 Å². The molecule has 0 spiro atoms. The van der Waals surface area contributed by atoms with Crippen LogP contribution < -0.4 is 10.2 Å². The van der Waals surface area contributed by atoms with Gasteiger partial charge in [0.1, 0.15) is 0 Å². The van der Waals surface area contributed by atoms with Crippen molar-refractivity contribution in [3.63, 3.8) is 0 Å². The van der Waals surface area contributed by atoms with E-state index >= 15 is 0 Å². The number of aromatic nitrogens is 2. The molecular formula is C34H30N6O3. The maximum Gasteiger partial charge on any atom is 0.331 e. The number of carbonyl (C=O) groups is 3. The van der Waals surface area contributed by atoms with Crippen LogP contribution in [-0.4, -0.2) is 50.2 Å². The second-order valence-electron chi connectivity index (χ2n) is 10.9. The van der Waals surface area contributed by atoms with Crippen LogP contribution in [0.3, 0.4) is 0 Å². The highest BCUT2D eigenvalue weighted by Gasteiger charge is 2.37. The maximum absolute atomic E-state index is 14.1. The Kier molecular flexibility index (Phi) is 6.90. The third-order valence-corrected chi connectivity index (χ3v) is 8.19. The smallest absolute Gasteiger partial charge is 0.324 e. The monoisotopic (exact) mass is 570 g/mol. The molecule has 0 saturated heterocycles. The fourth-order valence-corrected chi connectivity index (χ4v) is 5.92. The van der Waals surface area contributed by atoms with Crippen molar-refractivity contribution in [2.45, 2.75) is 38.3 Å². The lowest BCUT2D eigenvalue weighted by Gasteiger charge is -2.40. The topological polar surface area (TPSA) is 98.7 Å². The highest BCUT2D eigenvalue weighted by molar-refractivity contribution is 6.21. The molecular weight excluding hydrogens is 540 g/mol. The standard InChI is InChI=1S/C34H30N6O3/c41-31-28-13-7-8-14-29(28)32(42)38(31)20-19-23-15-17-27(18-16-23)40-30-24(22-39(34(40)43)26-11-5-2-6-12-26)21-35-33(37-30)36-25-9-3-1-4-10-25/h1,3-5,7-11,13-18,21,26H,2,6,12,19-20,22H2,(H,35,36,37). The molecule has 7 rings (SSSR count). The van der Waals surface area contributed by atoms with Gasteiger partial charge < -0.3 is 10.2 Å². The number of amides is 4. The van der Waals surface area contributed by atoms with Crippen molar-refractivity contribution in [2.75, 3.05) is 16.8 Å². The van der Waals surface area contributed by atoms with E-state index in [4.69, 9.17) is 4.98 Å². The fourth-order valence-electron chi connectivity index (χ4n) is 5.92. The summed E-state index contributed by atoms with van der Waals surface area (Å²) in [6, 6.07) is 24.1. The Morgan fingerprint density at radius 2 is 1.58 bits per heavy atom. The van der Waals surface area contributed by atoms with Crippen LogP contribution in [0, 0.1) is 0 Å². The van der Waals surface area contributed by atoms with Crippen molar-refractivity contribution >= 4 is 41.0 Å². The number of urea groups is 1. The molecule has 0 saturated carbocycles. The third kappa shape index (κ3) is 5.03. The molecule has 0 fully saturated rings. The van der Waals surface area contributed by atoms with E-state index in [1.54, 1.807) is 35.4 Å². The van der Waals surface area contributed by atoms with Gasteiger partial charge in [-0.2, -0.15) is 4.98 Å². The minimum Gasteiger partial charge on any atom is -0.324 e. The lowest BCUT2D eigenvalue weighted by molar-refractivity contribution is 0.0656. The highest BCUT2D eigenvalue weighted by Crippen LogP contribution is 2.36. The number of fused-ring (bicyclic) bond motifs is 2. The van der Waals surface area contributed by atoms with Crippen molar-refractivity contribution in [3.05, 3.63) is 119 Å². The molecule has 1 N–H and O–H groups in total. The second-order valence-corrected chi connectivity index (χ2v) is 10.9. The first-order chi connectivity index (χ1) is 21.1. The summed E-state index contributed by atoms with van der Waals surface area (Å²) in [5.41, 5.74) is 4.26. The van der Waals surface area contributed by atoms with Gasteiger partial charge in [0.05, 0.1) is 29.4 Å². The molecule has 1 aromatic heterocycles. The quantitative estimate of drug-likeness (QED) is 0.209. The molecule has 1 atom stereocenters. The summed E-state index contributed by atoms with van der Waals surface area (Å²) in [7, 11) is 0. The van der Waals surface area contributed by atoms with Gasteiger partial charge in [-0.25, -0.2) is 14.7 Å². The largest absolute Gasteiger partial charge is 0.331 e. The Bertz CT molecular complexity index is 1700. The average Bonchev–Trinajstić information content (AvgIpc) is 3.29. The Morgan fingerprint density at radius 3 is 2.28 bits per heavy atom. The number of carbonyl (C=O) groups excluding carboxylic acids is 3. The Hall–Kier alpha value is -5.31. The van der Waals surface area contributed by atoms with Gasteiger partial charge in [-0.05, 0) is 67.6 Å². The molecule has 214 valence electrons. The molecule has 3 heterocycles. The van der Waals surface area contributed by atoms with Gasteiger partial charge in [0, 0.05) is 24.0 Å². The van der Waals surface area contributed by atoms with E-state index in [-0.39, 0.29) is 30.4 Å². The number of hydrogen-bond donors (Lipinski definition) is 1. The molecule has 0 radical (unpaired) electrons. The number of allylic oxidation sites excluding steroid dienone is 1. The summed E-state index contributed by atoms with van der Waals surface area (Å²) in [5.74, 6) is 0.438. The Balaban J connectivity index is 1.15. The SMILES string of the molecule is O=C1c2ccccc2C(=O)N1CCc1ccc(N2C(=O)N(C3C=CCCC3)Cc3cnc(Nc4ccccc4)nc32)cc1. The van der Waals surface area contributed by atoms with Crippen LogP contribution in [-0.2, 0) is 13.0 Å². The predicted molar refractivity (Wildman–Crippen MR) is 164 cm³/mol. The van der Waals surface area contributed by atoms with Crippen LogP contribution in [0.25, 0.3) is 0 Å². The second kappa shape index (κ2) is 11.2. The van der Waals surface area contributed by atoms with E-state index in [0.29, 0.717) is 41.5 Å². The first kappa shape index (κ1) is 26.6. The zero-order valence-corrected chi connectivity index (χ0v) is 23.5. The highest BCUT2D eigenvalue weighted by atomic mass is 16.2. The summed E-state index contributed by atoms with van der Waals surface area (Å²) < 4.78 is 0. The summed E-state index contributed by atoms with van der Waals surface area (Å²) in [5, 5.41) is 3.24. The van der Waals surface area contributed by atoms with Crippen LogP contribution in [0.15, 0.2) is 97.2 Å². The van der Waals surface area contributed by atoms with Gasteiger partial charge in [-0.1, -0.05) is 54.6 Å². The lowest BCUT2D eigenvalue weighted by Crippen LogP contribution is -2.49. The van der Waals surface area contributed by atoms with E-state index in [2.05, 4.69) is 22.5 Å². The first-order valence-corrected chi connectivity index (χ1v) is 14.6. The molecule has 0 bridgehead atoms. The van der Waals surface area contributed by atoms with Gasteiger partial charge in [-0.15, -0.1) is 0 Å². The Labute approximate surface area is 249 Å². The normalized spacial score (nSPS) is 17.7. The van der Waals surface area contributed by atoms with E-state index in [9.17, 15) is 14.4 Å². The van der Waals surface area contributed by atoms with Gasteiger partial charge in [-0.3, -0.25) is 14.5 Å². The van der Waals surface area contributed by atoms with Crippen molar-refractivity contribution in [3.8, 4) is 0 Å². The molecule has 1 unspecified atom stereocenters. The average molecular weight is 571 g/mol. The van der Waals surface area contributed by atoms with Crippen molar-refractivity contribution in [1.29, 1.82) is 0 Å². The van der Waals surface area contributed by atoms with Crippen LogP contribution in [0.5, 0.6) is 0 Å². The maximum atomic E-state index is 14.1. The number of nitrogens with one attached hydrogen (secondary N) is 1. The number of imide groups is 1. The van der Waals surface area contributed by atoms with Crippen molar-refractivity contribution < 1.29 is 14.4 Å². The number of rotatable bonds is 7. The molecule has 43 heavy (non-hydrogen) atoms. The summed E-state index contributed by atoms with van der Waals surface area (Å²) in [4.78, 5) is 53.9. The molecule has 4 aromatic rings. The summed E-state index contributed by atoms with van der Waals surface area (Å²) in [6.45, 7) is 0.713. The molecule has 3 aromatic carbocycles. The number of hydrogen-bond acceptors (Lipinski definition) is 6. The van der Waals surface area contributed by atoms with Gasteiger partial charge in [0.15, 0.2) is 5.82 Å². The molecule has 4 amide bonds. The van der Waals surface area contributed by atoms with E-state index in [1.807, 2.05) is 59.5 Å². The zero-order valence-electron chi connectivity index (χ0n) is 23.5. The molecule has 3 aliphatic rings. The zero-order chi connectivity index (χ0) is 29.3. The molecule has 2 aliphatic heterocycles. The minimum atomic E-state index is -0.260. The molecule has 9 heteroatoms.